The Kier molecular flexibility index (Phi) is 4.55. The van der Waals surface area contributed by atoms with Crippen LogP contribution in [0.3, 0.4) is 0 Å². The molecule has 0 spiro atoms. The van der Waals surface area contributed by atoms with E-state index in [0.717, 1.165) is 24.9 Å². The third-order valence-corrected chi connectivity index (χ3v) is 3.49. The lowest BCUT2D eigenvalue weighted by Gasteiger charge is -2.11. The van der Waals surface area contributed by atoms with Gasteiger partial charge in [-0.05, 0) is 62.3 Å². The maximum absolute atomic E-state index is 12.7. The van der Waals surface area contributed by atoms with Crippen LogP contribution in [0.25, 0.3) is 0 Å². The lowest BCUT2D eigenvalue weighted by atomic mass is 9.98. The summed E-state index contributed by atoms with van der Waals surface area (Å²) in [6.45, 7) is 3.45. The predicted molar refractivity (Wildman–Crippen MR) is 69.5 cm³/mol. The Morgan fingerprint density at radius 3 is 2.59 bits per heavy atom. The van der Waals surface area contributed by atoms with E-state index < -0.39 is 0 Å². The third-order valence-electron chi connectivity index (χ3n) is 3.49. The molecule has 1 fully saturated rings. The van der Waals surface area contributed by atoms with E-state index in [9.17, 15) is 4.39 Å². The molecule has 1 saturated carbocycles. The van der Waals surface area contributed by atoms with E-state index in [1.807, 2.05) is 12.1 Å². The second-order valence-corrected chi connectivity index (χ2v) is 5.29. The summed E-state index contributed by atoms with van der Waals surface area (Å²) in [6.07, 6.45) is 6.23. The molecule has 1 unspecified atom stereocenters. The third kappa shape index (κ3) is 4.86. The average Bonchev–Trinajstić information content (AvgIpc) is 3.12. The number of halogens is 1. The first-order valence-corrected chi connectivity index (χ1v) is 6.72. The number of hydrogen-bond donors (Lipinski definition) is 1. The van der Waals surface area contributed by atoms with Crippen molar-refractivity contribution in [3.05, 3.63) is 35.6 Å². The highest BCUT2D eigenvalue weighted by atomic mass is 19.1. The summed E-state index contributed by atoms with van der Waals surface area (Å²) in [7, 11) is 0. The molecule has 17 heavy (non-hydrogen) atoms. The summed E-state index contributed by atoms with van der Waals surface area (Å²) in [5.74, 6) is 0.599. The van der Waals surface area contributed by atoms with Crippen molar-refractivity contribution in [2.24, 2.45) is 5.92 Å². The van der Waals surface area contributed by atoms with E-state index in [-0.39, 0.29) is 5.82 Å². The highest BCUT2D eigenvalue weighted by Crippen LogP contribution is 2.19. The molecule has 0 bridgehead atoms. The van der Waals surface area contributed by atoms with Gasteiger partial charge in [0.15, 0.2) is 0 Å². The SMILES string of the molecule is CC(CCNC1CC1)CCc1ccc(F)cc1. The molecule has 0 aliphatic heterocycles. The van der Waals surface area contributed by atoms with Crippen molar-refractivity contribution in [2.45, 2.75) is 45.1 Å². The number of rotatable bonds is 7. The van der Waals surface area contributed by atoms with Crippen molar-refractivity contribution >= 4 is 0 Å². The van der Waals surface area contributed by atoms with Gasteiger partial charge in [-0.1, -0.05) is 19.1 Å². The van der Waals surface area contributed by atoms with E-state index in [4.69, 9.17) is 0 Å². The van der Waals surface area contributed by atoms with Gasteiger partial charge in [0, 0.05) is 6.04 Å². The summed E-state index contributed by atoms with van der Waals surface area (Å²) in [4.78, 5) is 0. The first-order chi connectivity index (χ1) is 8.24. The van der Waals surface area contributed by atoms with Crippen molar-refractivity contribution < 1.29 is 4.39 Å². The first kappa shape index (κ1) is 12.6. The summed E-state index contributed by atoms with van der Waals surface area (Å²) in [6, 6.07) is 7.71. The van der Waals surface area contributed by atoms with Crippen molar-refractivity contribution in [3.8, 4) is 0 Å². The second kappa shape index (κ2) is 6.15. The minimum atomic E-state index is -0.143. The predicted octanol–water partition coefficient (Wildman–Crippen LogP) is 3.54. The summed E-state index contributed by atoms with van der Waals surface area (Å²) in [5.41, 5.74) is 1.24. The fourth-order valence-electron chi connectivity index (χ4n) is 2.03. The van der Waals surface area contributed by atoms with Crippen LogP contribution in [0.2, 0.25) is 0 Å². The van der Waals surface area contributed by atoms with Crippen molar-refractivity contribution in [1.29, 1.82) is 0 Å². The van der Waals surface area contributed by atoms with Gasteiger partial charge in [0.1, 0.15) is 5.82 Å². The van der Waals surface area contributed by atoms with Gasteiger partial charge >= 0.3 is 0 Å². The summed E-state index contributed by atoms with van der Waals surface area (Å²) < 4.78 is 12.7. The molecule has 1 aromatic carbocycles. The molecule has 2 heteroatoms. The van der Waals surface area contributed by atoms with Crippen molar-refractivity contribution in [1.82, 2.24) is 5.32 Å². The Morgan fingerprint density at radius 1 is 1.24 bits per heavy atom. The van der Waals surface area contributed by atoms with Gasteiger partial charge in [-0.3, -0.25) is 0 Å². The van der Waals surface area contributed by atoms with Crippen LogP contribution < -0.4 is 5.32 Å². The van der Waals surface area contributed by atoms with Gasteiger partial charge in [-0.15, -0.1) is 0 Å². The number of hydrogen-bond acceptors (Lipinski definition) is 1. The normalized spacial score (nSPS) is 17.1. The van der Waals surface area contributed by atoms with Crippen LogP contribution in [0.1, 0.15) is 38.2 Å². The first-order valence-electron chi connectivity index (χ1n) is 6.72. The quantitative estimate of drug-likeness (QED) is 0.762. The van der Waals surface area contributed by atoms with Gasteiger partial charge in [-0.25, -0.2) is 4.39 Å². The molecular formula is C15H22FN. The zero-order chi connectivity index (χ0) is 12.1. The van der Waals surface area contributed by atoms with Crippen LogP contribution in [0.5, 0.6) is 0 Å². The average molecular weight is 235 g/mol. The maximum Gasteiger partial charge on any atom is 0.123 e. The smallest absolute Gasteiger partial charge is 0.123 e. The van der Waals surface area contributed by atoms with Crippen LogP contribution in [-0.4, -0.2) is 12.6 Å². The van der Waals surface area contributed by atoms with Gasteiger partial charge < -0.3 is 5.32 Å². The Balaban J connectivity index is 1.60. The monoisotopic (exact) mass is 235 g/mol. The van der Waals surface area contributed by atoms with Gasteiger partial charge in [-0.2, -0.15) is 0 Å². The largest absolute Gasteiger partial charge is 0.314 e. The van der Waals surface area contributed by atoms with Crippen LogP contribution >= 0.6 is 0 Å². The molecule has 2 rings (SSSR count). The zero-order valence-corrected chi connectivity index (χ0v) is 10.6. The lowest BCUT2D eigenvalue weighted by Crippen LogP contribution is -2.19. The summed E-state index contributed by atoms with van der Waals surface area (Å²) >= 11 is 0. The summed E-state index contributed by atoms with van der Waals surface area (Å²) in [5, 5.41) is 3.54. The van der Waals surface area contributed by atoms with Gasteiger partial charge in [0.05, 0.1) is 0 Å². The molecule has 0 saturated heterocycles. The van der Waals surface area contributed by atoms with E-state index >= 15 is 0 Å². The fraction of sp³-hybridized carbons (Fsp3) is 0.600. The Bertz CT molecular complexity index is 329. The van der Waals surface area contributed by atoms with E-state index in [1.165, 1.54) is 31.2 Å². The Morgan fingerprint density at radius 2 is 1.94 bits per heavy atom. The van der Waals surface area contributed by atoms with Gasteiger partial charge in [0.2, 0.25) is 0 Å². The highest BCUT2D eigenvalue weighted by molar-refractivity contribution is 5.16. The zero-order valence-electron chi connectivity index (χ0n) is 10.6. The molecular weight excluding hydrogens is 213 g/mol. The molecule has 94 valence electrons. The Hall–Kier alpha value is -0.890. The van der Waals surface area contributed by atoms with Crippen molar-refractivity contribution in [2.75, 3.05) is 6.54 Å². The molecule has 1 aromatic rings. The minimum absolute atomic E-state index is 0.143. The minimum Gasteiger partial charge on any atom is -0.314 e. The van der Waals surface area contributed by atoms with Crippen LogP contribution in [-0.2, 0) is 6.42 Å². The number of nitrogens with one attached hydrogen (secondary N) is 1. The molecule has 0 aromatic heterocycles. The van der Waals surface area contributed by atoms with Crippen LogP contribution in [0.4, 0.5) is 4.39 Å². The maximum atomic E-state index is 12.7. The van der Waals surface area contributed by atoms with E-state index in [1.54, 1.807) is 12.1 Å². The Labute approximate surface area is 103 Å². The second-order valence-electron chi connectivity index (χ2n) is 5.29. The molecule has 1 atom stereocenters. The van der Waals surface area contributed by atoms with Crippen LogP contribution in [0.15, 0.2) is 24.3 Å². The van der Waals surface area contributed by atoms with E-state index in [0.29, 0.717) is 0 Å². The van der Waals surface area contributed by atoms with E-state index in [2.05, 4.69) is 12.2 Å². The van der Waals surface area contributed by atoms with Crippen LogP contribution in [0, 0.1) is 11.7 Å². The lowest BCUT2D eigenvalue weighted by molar-refractivity contribution is 0.469. The molecule has 1 nitrogen and oxygen atoms in total. The molecule has 1 N–H and O–H groups in total. The molecule has 0 heterocycles. The van der Waals surface area contributed by atoms with Gasteiger partial charge in [0.25, 0.3) is 0 Å². The standard InChI is InChI=1S/C15H22FN/c1-12(10-11-17-15-8-9-15)2-3-13-4-6-14(16)7-5-13/h4-7,12,15,17H,2-3,8-11H2,1H3. The van der Waals surface area contributed by atoms with Crippen molar-refractivity contribution in [3.63, 3.8) is 0 Å². The topological polar surface area (TPSA) is 12.0 Å². The number of aryl methyl sites for hydroxylation is 1. The highest BCUT2D eigenvalue weighted by Gasteiger charge is 2.19. The molecule has 1 aliphatic rings. The molecule has 1 aliphatic carbocycles. The molecule has 0 amide bonds. The number of benzene rings is 1. The molecule has 0 radical (unpaired) electrons. The fourth-order valence-corrected chi connectivity index (χ4v) is 2.03.